The number of ketones is 1. The molecule has 0 aliphatic carbocycles. The van der Waals surface area contributed by atoms with Crippen LogP contribution in [0.2, 0.25) is 5.02 Å². The fourth-order valence-electron chi connectivity index (χ4n) is 1.08. The zero-order chi connectivity index (χ0) is 13.1. The summed E-state index contributed by atoms with van der Waals surface area (Å²) in [4.78, 5) is 10.7. The van der Waals surface area contributed by atoms with Crippen molar-refractivity contribution in [1.29, 1.82) is 0 Å². The zero-order valence-electron chi connectivity index (χ0n) is 8.81. The first-order valence-electron chi connectivity index (χ1n) is 4.61. The molecule has 0 atom stereocenters. The number of carbonyl (C=O) groups is 1. The second kappa shape index (κ2) is 5.23. The maximum atomic E-state index is 12.0. The Hall–Kier alpha value is -1.49. The number of carbonyl (C=O) groups excluding carboxylic acids is 1. The summed E-state index contributed by atoms with van der Waals surface area (Å²) < 4.78 is 35.9. The topological polar surface area (TPSA) is 29.1 Å². The Kier molecular flexibility index (Phi) is 4.17. The van der Waals surface area contributed by atoms with Crippen LogP contribution in [0.15, 0.2) is 36.0 Å². The van der Waals surface area contributed by atoms with Gasteiger partial charge in [0, 0.05) is 22.5 Å². The smallest absolute Gasteiger partial charge is 0.359 e. The Labute approximate surface area is 101 Å². The van der Waals surface area contributed by atoms with Gasteiger partial charge in [-0.3, -0.25) is 4.79 Å². The molecule has 17 heavy (non-hydrogen) atoms. The van der Waals surface area contributed by atoms with Crippen molar-refractivity contribution in [2.45, 2.75) is 13.1 Å². The third kappa shape index (κ3) is 4.48. The van der Waals surface area contributed by atoms with Crippen LogP contribution in [-0.4, -0.2) is 12.0 Å². The van der Waals surface area contributed by atoms with Gasteiger partial charge in [-0.25, -0.2) is 0 Å². The van der Waals surface area contributed by atoms with E-state index in [1.54, 1.807) is 24.3 Å². The van der Waals surface area contributed by atoms with Crippen molar-refractivity contribution in [2.24, 2.45) is 0 Å². The number of allylic oxidation sites excluding steroid dienone is 2. The Bertz CT molecular complexity index is 437. The monoisotopic (exact) mass is 263 g/mol. The minimum absolute atomic E-state index is 0.106. The van der Waals surface area contributed by atoms with Crippen molar-refractivity contribution in [1.82, 2.24) is 0 Å². The van der Waals surface area contributed by atoms with Crippen LogP contribution in [0.3, 0.4) is 0 Å². The van der Waals surface area contributed by atoms with Crippen molar-refractivity contribution in [3.63, 3.8) is 0 Å². The van der Waals surface area contributed by atoms with Crippen molar-refractivity contribution in [3.8, 4) is 0 Å². The fourth-order valence-corrected chi connectivity index (χ4v) is 1.20. The average molecular weight is 264 g/mol. The van der Waals surface area contributed by atoms with Crippen LogP contribution in [0.4, 0.5) is 18.9 Å². The molecule has 0 amide bonds. The van der Waals surface area contributed by atoms with E-state index in [-0.39, 0.29) is 5.70 Å². The van der Waals surface area contributed by atoms with Crippen LogP contribution in [0.1, 0.15) is 6.92 Å². The van der Waals surface area contributed by atoms with Crippen LogP contribution in [0.5, 0.6) is 0 Å². The van der Waals surface area contributed by atoms with Gasteiger partial charge < -0.3 is 5.32 Å². The van der Waals surface area contributed by atoms with Crippen molar-refractivity contribution < 1.29 is 18.0 Å². The van der Waals surface area contributed by atoms with Gasteiger partial charge in [0.2, 0.25) is 0 Å². The van der Waals surface area contributed by atoms with Gasteiger partial charge in [0.15, 0.2) is 0 Å². The summed E-state index contributed by atoms with van der Waals surface area (Å²) in [6.45, 7) is 1.37. The van der Waals surface area contributed by atoms with Crippen molar-refractivity contribution in [2.75, 3.05) is 5.32 Å². The van der Waals surface area contributed by atoms with Crippen LogP contribution in [-0.2, 0) is 4.79 Å². The first-order chi connectivity index (χ1) is 7.79. The first kappa shape index (κ1) is 13.6. The van der Waals surface area contributed by atoms with Crippen LogP contribution < -0.4 is 5.32 Å². The van der Waals surface area contributed by atoms with E-state index in [2.05, 4.69) is 5.32 Å². The molecule has 1 N–H and O–H groups in total. The van der Waals surface area contributed by atoms with Gasteiger partial charge in [-0.05, 0) is 31.2 Å². The molecule has 0 spiro atoms. The summed E-state index contributed by atoms with van der Waals surface area (Å²) in [5.74, 6) is -1.89. The lowest BCUT2D eigenvalue weighted by molar-refractivity contribution is -0.165. The van der Waals surface area contributed by atoms with Gasteiger partial charge in [0.05, 0.1) is 0 Å². The van der Waals surface area contributed by atoms with Gasteiger partial charge >= 0.3 is 6.18 Å². The molecule has 0 aromatic heterocycles. The number of alkyl halides is 3. The average Bonchev–Trinajstić information content (AvgIpc) is 2.20. The summed E-state index contributed by atoms with van der Waals surface area (Å²) >= 11 is 5.65. The molecule has 2 nitrogen and oxygen atoms in total. The number of rotatable bonds is 3. The molecule has 0 aliphatic rings. The maximum absolute atomic E-state index is 12.0. The lowest BCUT2D eigenvalue weighted by atomic mass is 10.2. The summed E-state index contributed by atoms with van der Waals surface area (Å²) in [6.07, 6.45) is -4.34. The van der Waals surface area contributed by atoms with Crippen LogP contribution >= 0.6 is 11.6 Å². The number of hydrogen-bond acceptors (Lipinski definition) is 2. The second-order valence-electron chi connectivity index (χ2n) is 3.32. The summed E-state index contributed by atoms with van der Waals surface area (Å²) in [5.41, 5.74) is 0.660. The van der Waals surface area contributed by atoms with Crippen LogP contribution in [0.25, 0.3) is 0 Å². The third-order valence-corrected chi connectivity index (χ3v) is 2.06. The largest absolute Gasteiger partial charge is 0.454 e. The number of nitrogens with one attached hydrogen (secondary N) is 1. The molecule has 92 valence electrons. The molecule has 0 bridgehead atoms. The Morgan fingerprint density at radius 1 is 1.29 bits per heavy atom. The molecule has 1 rings (SSSR count). The molecule has 0 unspecified atom stereocenters. The Morgan fingerprint density at radius 2 is 1.82 bits per heavy atom. The number of halogens is 4. The molecule has 0 aliphatic heterocycles. The number of benzene rings is 1. The van der Waals surface area contributed by atoms with Gasteiger partial charge in [-0.15, -0.1) is 0 Å². The minimum atomic E-state index is -4.84. The predicted molar refractivity (Wildman–Crippen MR) is 59.9 cm³/mol. The molecule has 1 aromatic carbocycles. The molecular weight excluding hydrogens is 255 g/mol. The Morgan fingerprint density at radius 3 is 2.29 bits per heavy atom. The molecule has 0 fully saturated rings. The van der Waals surface area contributed by atoms with Crippen LogP contribution in [0, 0.1) is 0 Å². The fraction of sp³-hybridized carbons (Fsp3) is 0.182. The molecule has 6 heteroatoms. The van der Waals surface area contributed by atoms with E-state index in [0.29, 0.717) is 16.8 Å². The quantitative estimate of drug-likeness (QED) is 0.841. The zero-order valence-corrected chi connectivity index (χ0v) is 9.56. The highest BCUT2D eigenvalue weighted by atomic mass is 35.5. The lowest BCUT2D eigenvalue weighted by Gasteiger charge is -2.07. The molecule has 0 saturated carbocycles. The summed E-state index contributed by atoms with van der Waals surface area (Å²) in [5, 5.41) is 3.17. The second-order valence-corrected chi connectivity index (χ2v) is 3.76. The van der Waals surface area contributed by atoms with E-state index in [1.165, 1.54) is 6.92 Å². The van der Waals surface area contributed by atoms with Gasteiger partial charge in [0.1, 0.15) is 0 Å². The minimum Gasteiger partial charge on any atom is -0.359 e. The highest BCUT2D eigenvalue weighted by Gasteiger charge is 2.36. The molecule has 0 heterocycles. The highest BCUT2D eigenvalue weighted by molar-refractivity contribution is 6.30. The third-order valence-electron chi connectivity index (χ3n) is 1.81. The predicted octanol–water partition coefficient (Wildman–Crippen LogP) is 3.79. The van der Waals surface area contributed by atoms with Crippen molar-refractivity contribution in [3.05, 3.63) is 41.1 Å². The summed E-state index contributed by atoms with van der Waals surface area (Å²) in [7, 11) is 0. The molecule has 0 radical (unpaired) electrons. The maximum Gasteiger partial charge on any atom is 0.454 e. The van der Waals surface area contributed by atoms with E-state index < -0.39 is 12.0 Å². The SMILES string of the molecule is C/C(=C\C(=O)C(F)(F)F)Nc1ccc(Cl)cc1. The van der Waals surface area contributed by atoms with E-state index in [9.17, 15) is 18.0 Å². The van der Waals surface area contributed by atoms with Crippen molar-refractivity contribution >= 4 is 23.1 Å². The molecule has 1 aromatic rings. The Balaban J connectivity index is 2.72. The number of hydrogen-bond donors (Lipinski definition) is 1. The summed E-state index contributed by atoms with van der Waals surface area (Å²) in [6, 6.07) is 6.36. The van der Waals surface area contributed by atoms with Gasteiger partial charge in [0.25, 0.3) is 5.78 Å². The molecule has 0 saturated heterocycles. The number of anilines is 1. The highest BCUT2D eigenvalue weighted by Crippen LogP contribution is 2.19. The standard InChI is InChI=1S/C11H9ClF3NO/c1-7(6-10(17)11(13,14)15)16-9-4-2-8(12)3-5-9/h2-6,16H,1H3/b7-6+. The normalized spacial score (nSPS) is 12.4. The van der Waals surface area contributed by atoms with Gasteiger partial charge in [-0.2, -0.15) is 13.2 Å². The van der Waals surface area contributed by atoms with E-state index >= 15 is 0 Å². The molecular formula is C11H9ClF3NO. The first-order valence-corrected chi connectivity index (χ1v) is 4.99. The van der Waals surface area contributed by atoms with E-state index in [0.717, 1.165) is 0 Å². The van der Waals surface area contributed by atoms with E-state index in [1.807, 2.05) is 0 Å². The van der Waals surface area contributed by atoms with Gasteiger partial charge in [-0.1, -0.05) is 11.6 Å². The lowest BCUT2D eigenvalue weighted by Crippen LogP contribution is -2.21. The van der Waals surface area contributed by atoms with E-state index in [4.69, 9.17) is 11.6 Å².